The summed E-state index contributed by atoms with van der Waals surface area (Å²) in [5.74, 6) is 0.624. The Morgan fingerprint density at radius 3 is 2.45 bits per heavy atom. The summed E-state index contributed by atoms with van der Waals surface area (Å²) < 4.78 is 30.8. The van der Waals surface area contributed by atoms with Gasteiger partial charge in [0.05, 0.1) is 24.2 Å². The third-order valence-electron chi connectivity index (χ3n) is 4.53. The number of benzene rings is 2. The topological polar surface area (TPSA) is 154 Å². The summed E-state index contributed by atoms with van der Waals surface area (Å²) in [6.45, 7) is 3.61. The second kappa shape index (κ2) is 8.60. The molecule has 3 aromatic rings. The summed E-state index contributed by atoms with van der Waals surface area (Å²) in [6.07, 6.45) is 1.28. The van der Waals surface area contributed by atoms with Gasteiger partial charge >= 0.3 is 6.03 Å². The molecule has 10 nitrogen and oxygen atoms in total. The highest BCUT2D eigenvalue weighted by atomic mass is 32.2. The molecule has 1 unspecified atom stereocenters. The first-order valence-corrected chi connectivity index (χ1v) is 10.5. The number of primary sulfonamides is 1. The molecule has 0 saturated carbocycles. The smallest absolute Gasteiger partial charge is 0.339 e. The number of primary amides is 1. The molecule has 0 radical (unpaired) electrons. The number of nitrogens with two attached hydrogens (primary N) is 2. The Hall–Kier alpha value is -3.67. The quantitative estimate of drug-likeness (QED) is 0.289. The summed E-state index contributed by atoms with van der Waals surface area (Å²) in [5, 5.41) is 20.1. The van der Waals surface area contributed by atoms with E-state index < -0.39 is 22.1 Å². The van der Waals surface area contributed by atoms with Crippen LogP contribution in [0.5, 0.6) is 5.75 Å². The van der Waals surface area contributed by atoms with Gasteiger partial charge in [0, 0.05) is 5.56 Å². The molecule has 0 aliphatic carbocycles. The zero-order chi connectivity index (χ0) is 22.8. The van der Waals surface area contributed by atoms with E-state index in [1.165, 1.54) is 36.1 Å². The summed E-state index contributed by atoms with van der Waals surface area (Å²) >= 11 is 0. The van der Waals surface area contributed by atoms with Gasteiger partial charge in [0.25, 0.3) is 0 Å². The maximum Gasteiger partial charge on any atom is 0.339 e. The first-order chi connectivity index (χ1) is 14.7. The summed E-state index contributed by atoms with van der Waals surface area (Å²) in [7, 11) is -2.54. The van der Waals surface area contributed by atoms with Gasteiger partial charge < -0.3 is 10.5 Å². The number of amides is 2. The van der Waals surface area contributed by atoms with Crippen molar-refractivity contribution in [3.63, 3.8) is 0 Å². The van der Waals surface area contributed by atoms with Crippen LogP contribution in [0.4, 0.5) is 4.79 Å². The number of rotatable bonds is 7. The predicted octanol–water partition coefficient (Wildman–Crippen LogP) is 2.19. The van der Waals surface area contributed by atoms with E-state index in [1.54, 1.807) is 36.4 Å². The van der Waals surface area contributed by atoms with E-state index in [0.717, 1.165) is 0 Å². The number of hydroxylamine groups is 2. The van der Waals surface area contributed by atoms with Crippen LogP contribution in [0.25, 0.3) is 16.9 Å². The van der Waals surface area contributed by atoms with Gasteiger partial charge in [-0.2, -0.15) is 10.2 Å². The fourth-order valence-electron chi connectivity index (χ4n) is 3.05. The van der Waals surface area contributed by atoms with Crippen LogP contribution >= 0.6 is 0 Å². The van der Waals surface area contributed by atoms with E-state index in [9.17, 15) is 18.4 Å². The summed E-state index contributed by atoms with van der Waals surface area (Å²) in [5.41, 5.74) is 6.70. The van der Waals surface area contributed by atoms with Crippen LogP contribution in [-0.2, 0) is 10.0 Å². The van der Waals surface area contributed by atoms with Crippen LogP contribution in [0.3, 0.4) is 0 Å². The lowest BCUT2D eigenvalue weighted by atomic mass is 10.1. The number of hydrogen-bond donors (Lipinski definition) is 3. The molecule has 0 bridgehead atoms. The Morgan fingerprint density at radius 2 is 1.90 bits per heavy atom. The van der Waals surface area contributed by atoms with E-state index in [1.807, 2.05) is 0 Å². The molecule has 1 heterocycles. The Balaban J connectivity index is 2.28. The number of sulfonamides is 1. The SMILES string of the molecule is C=CC(c1cc(-c2ccc(OC)cc2)n(-c2ccccc2S(N)(=O)=O)n1)N(O)C(N)=O. The van der Waals surface area contributed by atoms with Crippen molar-refractivity contribution in [2.24, 2.45) is 10.9 Å². The average Bonchev–Trinajstić information content (AvgIpc) is 3.18. The highest BCUT2D eigenvalue weighted by Crippen LogP contribution is 2.31. The van der Waals surface area contributed by atoms with Crippen molar-refractivity contribution in [3.05, 3.63) is 72.9 Å². The maximum atomic E-state index is 12.1. The third kappa shape index (κ3) is 4.43. The molecule has 162 valence electrons. The van der Waals surface area contributed by atoms with Crippen LogP contribution in [0, 0.1) is 0 Å². The molecule has 0 fully saturated rings. The molecule has 1 aromatic heterocycles. The van der Waals surface area contributed by atoms with Crippen LogP contribution in [0.15, 0.2) is 72.1 Å². The lowest BCUT2D eigenvalue weighted by Crippen LogP contribution is -2.35. The minimum Gasteiger partial charge on any atom is -0.497 e. The highest BCUT2D eigenvalue weighted by molar-refractivity contribution is 7.89. The molecule has 5 N–H and O–H groups in total. The number of aromatic nitrogens is 2. The Morgan fingerprint density at radius 1 is 1.26 bits per heavy atom. The Kier molecular flexibility index (Phi) is 6.11. The number of methoxy groups -OCH3 is 1. The van der Waals surface area contributed by atoms with Gasteiger partial charge in [0.2, 0.25) is 10.0 Å². The number of carbonyl (C=O) groups excluding carboxylic acids is 1. The van der Waals surface area contributed by atoms with Gasteiger partial charge in [-0.15, -0.1) is 6.58 Å². The van der Waals surface area contributed by atoms with Gasteiger partial charge in [-0.1, -0.05) is 18.2 Å². The minimum absolute atomic E-state index is 0.148. The van der Waals surface area contributed by atoms with E-state index in [-0.39, 0.29) is 21.3 Å². The van der Waals surface area contributed by atoms with Gasteiger partial charge in [-0.25, -0.2) is 23.0 Å². The number of nitrogens with zero attached hydrogens (tertiary/aromatic N) is 3. The molecule has 0 saturated heterocycles. The first kappa shape index (κ1) is 22.0. The molecular weight excluding hydrogens is 422 g/mol. The molecule has 2 aromatic carbocycles. The predicted molar refractivity (Wildman–Crippen MR) is 113 cm³/mol. The molecule has 31 heavy (non-hydrogen) atoms. The van der Waals surface area contributed by atoms with Crippen molar-refractivity contribution in [1.29, 1.82) is 0 Å². The fraction of sp³-hybridized carbons (Fsp3) is 0.100. The maximum absolute atomic E-state index is 12.1. The van der Waals surface area contributed by atoms with Gasteiger partial charge in [-0.3, -0.25) is 5.21 Å². The molecule has 11 heteroatoms. The standard InChI is InChI=1S/C20H21N5O5S/c1-3-16(25(27)20(21)26)15-12-18(13-8-10-14(30-2)11-9-13)24(23-15)17-6-4-5-7-19(17)31(22,28)29/h3-12,16,27H,1H2,2H3,(H2,21,26)(H2,22,28,29). The van der Waals surface area contributed by atoms with E-state index >= 15 is 0 Å². The van der Waals surface area contributed by atoms with Crippen molar-refractivity contribution in [3.8, 4) is 22.7 Å². The largest absolute Gasteiger partial charge is 0.497 e. The number of hydrogen-bond acceptors (Lipinski definition) is 6. The van der Waals surface area contributed by atoms with Crippen LogP contribution < -0.4 is 15.6 Å². The average molecular weight is 443 g/mol. The molecule has 3 rings (SSSR count). The zero-order valence-electron chi connectivity index (χ0n) is 16.5. The van der Waals surface area contributed by atoms with E-state index in [2.05, 4.69) is 11.7 Å². The van der Waals surface area contributed by atoms with E-state index in [0.29, 0.717) is 17.0 Å². The van der Waals surface area contributed by atoms with Crippen LogP contribution in [-0.4, -0.2) is 41.6 Å². The van der Waals surface area contributed by atoms with Crippen molar-refractivity contribution in [2.75, 3.05) is 7.11 Å². The summed E-state index contributed by atoms with van der Waals surface area (Å²) in [6, 6.07) is 12.4. The van der Waals surface area contributed by atoms with Gasteiger partial charge in [0.1, 0.15) is 16.7 Å². The minimum atomic E-state index is -4.07. The fourth-order valence-corrected chi connectivity index (χ4v) is 3.76. The number of carbonyl (C=O) groups is 1. The van der Waals surface area contributed by atoms with Gasteiger partial charge in [0.15, 0.2) is 0 Å². The van der Waals surface area contributed by atoms with Crippen LogP contribution in [0.1, 0.15) is 11.7 Å². The van der Waals surface area contributed by atoms with Crippen molar-refractivity contribution >= 4 is 16.1 Å². The highest BCUT2D eigenvalue weighted by Gasteiger charge is 2.26. The molecule has 2 amide bonds. The number of urea groups is 1. The molecule has 0 aliphatic heterocycles. The molecular formula is C20H21N5O5S. The third-order valence-corrected chi connectivity index (χ3v) is 5.49. The lowest BCUT2D eigenvalue weighted by Gasteiger charge is -2.19. The lowest BCUT2D eigenvalue weighted by molar-refractivity contribution is -0.0634. The zero-order valence-corrected chi connectivity index (χ0v) is 17.4. The monoisotopic (exact) mass is 443 g/mol. The summed E-state index contributed by atoms with van der Waals surface area (Å²) in [4.78, 5) is 11.3. The second-order valence-electron chi connectivity index (χ2n) is 6.47. The number of para-hydroxylation sites is 1. The Labute approximate surface area is 179 Å². The van der Waals surface area contributed by atoms with Crippen molar-refractivity contribution in [2.45, 2.75) is 10.9 Å². The normalized spacial score (nSPS) is 12.2. The molecule has 1 atom stereocenters. The second-order valence-corrected chi connectivity index (χ2v) is 8.00. The van der Waals surface area contributed by atoms with E-state index in [4.69, 9.17) is 15.6 Å². The molecule has 0 aliphatic rings. The number of ether oxygens (including phenoxy) is 1. The Bertz CT molecular complexity index is 1220. The molecule has 0 spiro atoms. The van der Waals surface area contributed by atoms with Gasteiger partial charge in [-0.05, 0) is 42.5 Å². The van der Waals surface area contributed by atoms with Crippen LogP contribution in [0.2, 0.25) is 0 Å². The first-order valence-electron chi connectivity index (χ1n) is 8.94. The van der Waals surface area contributed by atoms with Crippen molar-refractivity contribution < 1.29 is 23.2 Å². The van der Waals surface area contributed by atoms with Crippen molar-refractivity contribution in [1.82, 2.24) is 14.8 Å².